The number of hydrogen-bond donors (Lipinski definition) is 1. The Morgan fingerprint density at radius 1 is 0.400 bits per heavy atom. The van der Waals surface area contributed by atoms with Crippen molar-refractivity contribution in [2.45, 2.75) is 251 Å². The van der Waals surface area contributed by atoms with Gasteiger partial charge < -0.3 is 5.11 Å². The summed E-state index contributed by atoms with van der Waals surface area (Å²) in [7, 11) is -4.17. The lowest BCUT2D eigenvalue weighted by molar-refractivity contribution is -0.0134. The minimum Gasteiger partial charge on any atom is -0.367 e. The third-order valence-electron chi connectivity index (χ3n) is 9.27. The molecule has 0 bridgehead atoms. The average Bonchev–Trinajstić information content (AvgIpc) is 2.99. The maximum Gasteiger partial charge on any atom is 0.402 e. The van der Waals surface area contributed by atoms with Crippen LogP contribution in [0.4, 0.5) is 0 Å². The molecule has 0 saturated heterocycles. The summed E-state index contributed by atoms with van der Waals surface area (Å²) >= 11 is 0. The van der Waals surface area contributed by atoms with E-state index < -0.39 is 16.7 Å². The first-order valence-electron chi connectivity index (χ1n) is 20.2. The topological polar surface area (TPSA) is 72.8 Å². The highest BCUT2D eigenvalue weighted by Gasteiger charge is 2.22. The van der Waals surface area contributed by atoms with Crippen molar-refractivity contribution < 1.29 is 21.9 Å². The van der Waals surface area contributed by atoms with Gasteiger partial charge in [-0.05, 0) is 19.8 Å². The molecule has 1 atom stereocenters. The zero-order valence-corrected chi connectivity index (χ0v) is 31.5. The van der Waals surface area contributed by atoms with Gasteiger partial charge in [-0.1, -0.05) is 219 Å². The quantitative estimate of drug-likeness (QED) is 0.0527. The van der Waals surface area contributed by atoms with Gasteiger partial charge in [-0.3, -0.25) is 0 Å². The Morgan fingerprint density at radius 2 is 0.622 bits per heavy atom. The van der Waals surface area contributed by atoms with Gasteiger partial charge in [0.15, 0.2) is 6.29 Å². The summed E-state index contributed by atoms with van der Waals surface area (Å²) in [5.41, 5.74) is 0. The van der Waals surface area contributed by atoms with E-state index >= 15 is 0 Å². The second-order valence-corrected chi connectivity index (χ2v) is 15.2. The molecule has 45 heavy (non-hydrogen) atoms. The van der Waals surface area contributed by atoms with Crippen LogP contribution >= 0.6 is 0 Å². The lowest BCUT2D eigenvalue weighted by Crippen LogP contribution is -2.23. The number of hydrogen-bond acceptors (Lipinski definition) is 5. The van der Waals surface area contributed by atoms with Gasteiger partial charge in [0, 0.05) is 0 Å². The molecule has 0 saturated carbocycles. The van der Waals surface area contributed by atoms with E-state index in [1.54, 1.807) is 0 Å². The van der Waals surface area contributed by atoms with E-state index in [0.717, 1.165) is 38.5 Å². The summed E-state index contributed by atoms with van der Waals surface area (Å²) in [6.07, 6.45) is 42.1. The van der Waals surface area contributed by atoms with Crippen LogP contribution in [0.15, 0.2) is 0 Å². The molecule has 1 unspecified atom stereocenters. The van der Waals surface area contributed by atoms with Gasteiger partial charge >= 0.3 is 10.4 Å². The Labute approximate surface area is 283 Å². The van der Waals surface area contributed by atoms with E-state index in [1.165, 1.54) is 187 Å². The van der Waals surface area contributed by atoms with Crippen LogP contribution in [0, 0.1) is 0 Å². The molecule has 0 aromatic heterocycles. The largest absolute Gasteiger partial charge is 0.402 e. The van der Waals surface area contributed by atoms with Gasteiger partial charge in [-0.2, -0.15) is 8.42 Å². The molecule has 0 spiro atoms. The normalized spacial score (nSPS) is 12.8. The molecular weight excluding hydrogens is 580 g/mol. The van der Waals surface area contributed by atoms with Crippen molar-refractivity contribution in [3.05, 3.63) is 0 Å². The summed E-state index contributed by atoms with van der Waals surface area (Å²) in [6, 6.07) is 0. The number of rotatable bonds is 38. The lowest BCUT2D eigenvalue weighted by Gasteiger charge is -2.18. The van der Waals surface area contributed by atoms with Crippen molar-refractivity contribution >= 4 is 10.4 Å². The predicted octanol–water partition coefficient (Wildman–Crippen LogP) is 13.3. The van der Waals surface area contributed by atoms with Gasteiger partial charge in [0.1, 0.15) is 0 Å². The standard InChI is InChI=1S/C39H80O5S/c1-4-6-8-10-12-14-16-18-20-22-24-26-28-30-32-34-36-39(44-45(41,42)43-38(3)40)37-35-33-31-29-27-25-23-21-19-17-15-13-11-9-7-5-2/h38-40H,4-37H2,1-3H3. The van der Waals surface area contributed by atoms with Crippen molar-refractivity contribution in [1.29, 1.82) is 0 Å². The van der Waals surface area contributed by atoms with Gasteiger partial charge in [-0.25, -0.2) is 8.37 Å². The SMILES string of the molecule is CCCCCCCCCCCCCCCCCCC(CCCCCCCCCCCCCCCCCC)OS(=O)(=O)OC(C)O. The Bertz CT molecular complexity index is 630. The van der Waals surface area contributed by atoms with E-state index in [1.807, 2.05) is 0 Å². The summed E-state index contributed by atoms with van der Waals surface area (Å²) in [4.78, 5) is 0. The highest BCUT2D eigenvalue weighted by molar-refractivity contribution is 7.81. The molecule has 0 aliphatic carbocycles. The molecule has 5 nitrogen and oxygen atoms in total. The van der Waals surface area contributed by atoms with Crippen molar-refractivity contribution in [2.24, 2.45) is 0 Å². The molecule has 6 heteroatoms. The van der Waals surface area contributed by atoms with Gasteiger partial charge in [0.25, 0.3) is 0 Å². The summed E-state index contributed by atoms with van der Waals surface area (Å²) < 4.78 is 34.4. The van der Waals surface area contributed by atoms with E-state index in [2.05, 4.69) is 18.0 Å². The molecule has 0 heterocycles. The molecule has 1 N–H and O–H groups in total. The fourth-order valence-corrected chi connectivity index (χ4v) is 7.35. The smallest absolute Gasteiger partial charge is 0.367 e. The van der Waals surface area contributed by atoms with Crippen LogP contribution in [0.1, 0.15) is 239 Å². The zero-order chi connectivity index (χ0) is 33.1. The molecular formula is C39H80O5S. The third-order valence-corrected chi connectivity index (χ3v) is 10.3. The lowest BCUT2D eigenvalue weighted by atomic mass is 10.0. The molecule has 0 aliphatic heterocycles. The zero-order valence-electron chi connectivity index (χ0n) is 30.7. The minimum absolute atomic E-state index is 0.355. The Kier molecular flexibility index (Phi) is 35.0. The van der Waals surface area contributed by atoms with Crippen LogP contribution < -0.4 is 0 Å². The average molecular weight is 661 g/mol. The Morgan fingerprint density at radius 3 is 0.844 bits per heavy atom. The first-order chi connectivity index (χ1) is 21.9. The van der Waals surface area contributed by atoms with Crippen LogP contribution in [0.25, 0.3) is 0 Å². The maximum atomic E-state index is 12.2. The Hall–Kier alpha value is -0.170. The van der Waals surface area contributed by atoms with Crippen molar-refractivity contribution in [3.8, 4) is 0 Å². The Balaban J connectivity index is 3.86. The maximum absolute atomic E-state index is 12.2. The highest BCUT2D eigenvalue weighted by atomic mass is 32.3. The van der Waals surface area contributed by atoms with Crippen molar-refractivity contribution in [1.82, 2.24) is 0 Å². The van der Waals surface area contributed by atoms with Crippen LogP contribution in [-0.4, -0.2) is 25.9 Å². The second kappa shape index (κ2) is 35.1. The van der Waals surface area contributed by atoms with Crippen LogP contribution in [0.5, 0.6) is 0 Å². The van der Waals surface area contributed by atoms with E-state index in [9.17, 15) is 13.5 Å². The second-order valence-electron chi connectivity index (χ2n) is 14.0. The van der Waals surface area contributed by atoms with Gasteiger partial charge in [0.2, 0.25) is 0 Å². The first kappa shape index (κ1) is 44.8. The van der Waals surface area contributed by atoms with E-state index in [4.69, 9.17) is 4.18 Å². The number of aliphatic hydroxyl groups excluding tert-OH is 1. The number of unbranched alkanes of at least 4 members (excludes halogenated alkanes) is 30. The monoisotopic (exact) mass is 661 g/mol. The number of aliphatic hydroxyl groups is 1. The van der Waals surface area contributed by atoms with E-state index in [0.29, 0.717) is 0 Å². The molecule has 272 valence electrons. The van der Waals surface area contributed by atoms with E-state index in [-0.39, 0.29) is 6.10 Å². The molecule has 0 radical (unpaired) electrons. The van der Waals surface area contributed by atoms with Gasteiger partial charge in [0.05, 0.1) is 6.10 Å². The molecule has 0 fully saturated rings. The van der Waals surface area contributed by atoms with Crippen LogP contribution in [0.2, 0.25) is 0 Å². The van der Waals surface area contributed by atoms with Crippen molar-refractivity contribution in [2.75, 3.05) is 0 Å². The van der Waals surface area contributed by atoms with Crippen LogP contribution in [-0.2, 0) is 18.8 Å². The van der Waals surface area contributed by atoms with Crippen LogP contribution in [0.3, 0.4) is 0 Å². The molecule has 0 aromatic carbocycles. The molecule has 0 aromatic rings. The fourth-order valence-electron chi connectivity index (χ4n) is 6.44. The summed E-state index contributed by atoms with van der Waals surface area (Å²) in [6.45, 7) is 5.85. The van der Waals surface area contributed by atoms with Gasteiger partial charge in [-0.15, -0.1) is 0 Å². The first-order valence-corrected chi connectivity index (χ1v) is 21.5. The van der Waals surface area contributed by atoms with Crippen molar-refractivity contribution in [3.63, 3.8) is 0 Å². The summed E-state index contributed by atoms with van der Waals surface area (Å²) in [5.74, 6) is 0. The molecule has 0 rings (SSSR count). The molecule has 0 aliphatic rings. The molecule has 0 amide bonds. The predicted molar refractivity (Wildman–Crippen MR) is 195 cm³/mol. The minimum atomic E-state index is -4.17. The highest BCUT2D eigenvalue weighted by Crippen LogP contribution is 2.20. The third kappa shape index (κ3) is 36.5. The fraction of sp³-hybridized carbons (Fsp3) is 1.00. The summed E-state index contributed by atoms with van der Waals surface area (Å²) in [5, 5.41) is 9.37.